The number of carbonyl (C=O) groups is 2. The second-order valence-corrected chi connectivity index (χ2v) is 7.32. The Morgan fingerprint density at radius 3 is 2.79 bits per heavy atom. The van der Waals surface area contributed by atoms with Crippen LogP contribution in [0.25, 0.3) is 10.8 Å². The zero-order valence-corrected chi connectivity index (χ0v) is 16.3. The number of amides is 2. The van der Waals surface area contributed by atoms with Crippen molar-refractivity contribution < 1.29 is 14.0 Å². The molecule has 2 aromatic carbocycles. The van der Waals surface area contributed by atoms with E-state index in [4.69, 9.17) is 4.42 Å². The fourth-order valence-electron chi connectivity index (χ4n) is 3.89. The molecule has 2 N–H and O–H groups in total. The Bertz CT molecular complexity index is 979. The Balaban J connectivity index is 1.30. The van der Waals surface area contributed by atoms with Crippen LogP contribution in [0.5, 0.6) is 0 Å². The molecule has 0 aliphatic carbocycles. The van der Waals surface area contributed by atoms with E-state index in [1.54, 1.807) is 12.3 Å². The third-order valence-electron chi connectivity index (χ3n) is 5.37. The van der Waals surface area contributed by atoms with Gasteiger partial charge in [0.25, 0.3) is 0 Å². The van der Waals surface area contributed by atoms with Crippen LogP contribution in [0.1, 0.15) is 25.0 Å². The van der Waals surface area contributed by atoms with E-state index in [1.165, 1.54) is 0 Å². The standard InChI is InChI=1S/C23H25N3O3/c27-22(25-20-10-3-7-17-6-1-2-9-19(17)20)12-14-26-13-4-11-21(26)23(28)24-16-18-8-5-15-29-18/h1-3,5-10,15,21H,4,11-14,16H2,(H,24,28)(H,25,27)/t21-/m1/s1. The summed E-state index contributed by atoms with van der Waals surface area (Å²) in [5, 5.41) is 8.07. The van der Waals surface area contributed by atoms with Gasteiger partial charge < -0.3 is 15.1 Å². The SMILES string of the molecule is O=C(CCN1CCC[C@@H]1C(=O)NCc1ccco1)Nc1cccc2ccccc12. The number of hydrogen-bond acceptors (Lipinski definition) is 4. The second kappa shape index (κ2) is 8.92. The summed E-state index contributed by atoms with van der Waals surface area (Å²) in [7, 11) is 0. The number of carbonyl (C=O) groups excluding carboxylic acids is 2. The van der Waals surface area contributed by atoms with Gasteiger partial charge in [0.1, 0.15) is 5.76 Å². The summed E-state index contributed by atoms with van der Waals surface area (Å²) >= 11 is 0. The van der Waals surface area contributed by atoms with Crippen molar-refractivity contribution >= 4 is 28.3 Å². The van der Waals surface area contributed by atoms with Crippen molar-refractivity contribution in [3.8, 4) is 0 Å². The molecule has 0 saturated carbocycles. The fourth-order valence-corrected chi connectivity index (χ4v) is 3.89. The summed E-state index contributed by atoms with van der Waals surface area (Å²) < 4.78 is 5.26. The molecule has 0 spiro atoms. The normalized spacial score (nSPS) is 16.8. The first-order valence-electron chi connectivity index (χ1n) is 10.0. The van der Waals surface area contributed by atoms with Gasteiger partial charge in [-0.3, -0.25) is 14.5 Å². The maximum atomic E-state index is 12.5. The van der Waals surface area contributed by atoms with Crippen molar-refractivity contribution in [1.29, 1.82) is 0 Å². The zero-order chi connectivity index (χ0) is 20.1. The molecule has 1 aliphatic heterocycles. The minimum Gasteiger partial charge on any atom is -0.467 e. The van der Waals surface area contributed by atoms with E-state index in [0.29, 0.717) is 19.5 Å². The first-order chi connectivity index (χ1) is 14.2. The zero-order valence-electron chi connectivity index (χ0n) is 16.3. The fraction of sp³-hybridized carbons (Fsp3) is 0.304. The van der Waals surface area contributed by atoms with Gasteiger partial charge in [0.05, 0.1) is 18.8 Å². The lowest BCUT2D eigenvalue weighted by Crippen LogP contribution is -2.43. The molecule has 1 fully saturated rings. The molecule has 1 saturated heterocycles. The quantitative estimate of drug-likeness (QED) is 0.646. The Hall–Kier alpha value is -3.12. The van der Waals surface area contributed by atoms with Crippen molar-refractivity contribution in [3.63, 3.8) is 0 Å². The van der Waals surface area contributed by atoms with Gasteiger partial charge in [-0.25, -0.2) is 0 Å². The molecular formula is C23H25N3O3. The average Bonchev–Trinajstić information content (AvgIpc) is 3.43. The van der Waals surface area contributed by atoms with E-state index in [0.717, 1.165) is 41.6 Å². The highest BCUT2D eigenvalue weighted by atomic mass is 16.3. The van der Waals surface area contributed by atoms with Gasteiger partial charge in [-0.15, -0.1) is 0 Å². The number of likely N-dealkylation sites (tertiary alicyclic amines) is 1. The first-order valence-corrected chi connectivity index (χ1v) is 10.0. The van der Waals surface area contributed by atoms with Crippen LogP contribution >= 0.6 is 0 Å². The van der Waals surface area contributed by atoms with Gasteiger partial charge in [-0.05, 0) is 43.0 Å². The Kier molecular flexibility index (Phi) is 5.91. The third kappa shape index (κ3) is 4.66. The summed E-state index contributed by atoms with van der Waals surface area (Å²) in [6.07, 6.45) is 3.72. The summed E-state index contributed by atoms with van der Waals surface area (Å²) in [5.74, 6) is 0.689. The van der Waals surface area contributed by atoms with Crippen LogP contribution in [0, 0.1) is 0 Å². The maximum Gasteiger partial charge on any atom is 0.237 e. The molecule has 6 heteroatoms. The summed E-state index contributed by atoms with van der Waals surface area (Å²) in [6, 6.07) is 17.3. The number of anilines is 1. The van der Waals surface area contributed by atoms with Gasteiger partial charge in [-0.1, -0.05) is 36.4 Å². The molecule has 6 nitrogen and oxygen atoms in total. The molecule has 0 radical (unpaired) electrons. The topological polar surface area (TPSA) is 74.6 Å². The molecule has 29 heavy (non-hydrogen) atoms. The smallest absolute Gasteiger partial charge is 0.237 e. The van der Waals surface area contributed by atoms with Gasteiger partial charge in [0.2, 0.25) is 11.8 Å². The van der Waals surface area contributed by atoms with Crippen LogP contribution in [0.3, 0.4) is 0 Å². The molecule has 4 rings (SSSR count). The van der Waals surface area contributed by atoms with E-state index in [9.17, 15) is 9.59 Å². The molecule has 0 bridgehead atoms. The predicted octanol–water partition coefficient (Wildman–Crippen LogP) is 3.54. The maximum absolute atomic E-state index is 12.5. The van der Waals surface area contributed by atoms with Gasteiger partial charge in [0.15, 0.2) is 0 Å². The number of nitrogens with one attached hydrogen (secondary N) is 2. The molecule has 1 aromatic heterocycles. The van der Waals surface area contributed by atoms with Crippen molar-refractivity contribution in [3.05, 3.63) is 66.6 Å². The molecule has 3 aromatic rings. The highest BCUT2D eigenvalue weighted by Gasteiger charge is 2.30. The van der Waals surface area contributed by atoms with Crippen LogP contribution in [0.4, 0.5) is 5.69 Å². The molecule has 0 unspecified atom stereocenters. The first kappa shape index (κ1) is 19.2. The minimum atomic E-state index is -0.185. The van der Waals surface area contributed by atoms with Gasteiger partial charge >= 0.3 is 0 Å². The van der Waals surface area contributed by atoms with Crippen molar-refractivity contribution in [1.82, 2.24) is 10.2 Å². The highest BCUT2D eigenvalue weighted by molar-refractivity contribution is 6.02. The number of fused-ring (bicyclic) bond motifs is 1. The van der Waals surface area contributed by atoms with Gasteiger partial charge in [-0.2, -0.15) is 0 Å². The van der Waals surface area contributed by atoms with Crippen molar-refractivity contribution in [2.75, 3.05) is 18.4 Å². The van der Waals surface area contributed by atoms with E-state index in [1.807, 2.05) is 48.5 Å². The summed E-state index contributed by atoms with van der Waals surface area (Å²) in [6.45, 7) is 1.79. The van der Waals surface area contributed by atoms with Crippen molar-refractivity contribution in [2.24, 2.45) is 0 Å². The predicted molar refractivity (Wildman–Crippen MR) is 112 cm³/mol. The average molecular weight is 391 g/mol. The minimum absolute atomic E-state index is 0.00615. The number of hydrogen-bond donors (Lipinski definition) is 2. The lowest BCUT2D eigenvalue weighted by molar-refractivity contribution is -0.126. The lowest BCUT2D eigenvalue weighted by atomic mass is 10.1. The van der Waals surface area contributed by atoms with E-state index in [2.05, 4.69) is 15.5 Å². The van der Waals surface area contributed by atoms with Crippen LogP contribution < -0.4 is 10.6 Å². The molecule has 2 heterocycles. The Morgan fingerprint density at radius 2 is 1.93 bits per heavy atom. The van der Waals surface area contributed by atoms with E-state index < -0.39 is 0 Å². The van der Waals surface area contributed by atoms with Crippen LogP contribution in [0.2, 0.25) is 0 Å². The summed E-state index contributed by atoms with van der Waals surface area (Å²) in [4.78, 5) is 27.2. The molecule has 2 amide bonds. The second-order valence-electron chi connectivity index (χ2n) is 7.32. The number of nitrogens with zero attached hydrogens (tertiary/aromatic N) is 1. The summed E-state index contributed by atoms with van der Waals surface area (Å²) in [5.41, 5.74) is 0.822. The monoisotopic (exact) mass is 391 g/mol. The molecule has 150 valence electrons. The van der Waals surface area contributed by atoms with Crippen LogP contribution in [-0.4, -0.2) is 35.8 Å². The number of rotatable bonds is 7. The Labute approximate surface area is 169 Å². The molecule has 1 atom stereocenters. The lowest BCUT2D eigenvalue weighted by Gasteiger charge is -2.23. The van der Waals surface area contributed by atoms with Gasteiger partial charge in [0, 0.05) is 24.0 Å². The molecular weight excluding hydrogens is 366 g/mol. The number of furan rings is 1. The van der Waals surface area contributed by atoms with Crippen LogP contribution in [-0.2, 0) is 16.1 Å². The van der Waals surface area contributed by atoms with Crippen LogP contribution in [0.15, 0.2) is 65.3 Å². The highest BCUT2D eigenvalue weighted by Crippen LogP contribution is 2.23. The Morgan fingerprint density at radius 1 is 1.07 bits per heavy atom. The third-order valence-corrected chi connectivity index (χ3v) is 5.37. The molecule has 1 aliphatic rings. The van der Waals surface area contributed by atoms with Crippen molar-refractivity contribution in [2.45, 2.75) is 31.8 Å². The van der Waals surface area contributed by atoms with E-state index in [-0.39, 0.29) is 17.9 Å². The largest absolute Gasteiger partial charge is 0.467 e. The van der Waals surface area contributed by atoms with E-state index >= 15 is 0 Å². The number of benzene rings is 2.